The summed E-state index contributed by atoms with van der Waals surface area (Å²) in [6.07, 6.45) is 5.03. The number of nitrogens with two attached hydrogens (primary N) is 1. The van der Waals surface area contributed by atoms with Crippen LogP contribution in [0.15, 0.2) is 47.1 Å². The van der Waals surface area contributed by atoms with E-state index < -0.39 is 0 Å². The van der Waals surface area contributed by atoms with Crippen LogP contribution in [-0.2, 0) is 4.79 Å². The number of anilines is 2. The van der Waals surface area contributed by atoms with Crippen molar-refractivity contribution in [3.05, 3.63) is 48.4 Å². The smallest absolute Gasteiger partial charge is 0.291 e. The number of nitrogens with one attached hydrogen (secondary N) is 2. The van der Waals surface area contributed by atoms with Gasteiger partial charge in [0.05, 0.1) is 6.26 Å². The van der Waals surface area contributed by atoms with Crippen LogP contribution in [0.2, 0.25) is 0 Å². The van der Waals surface area contributed by atoms with Crippen LogP contribution >= 0.6 is 12.4 Å². The largest absolute Gasteiger partial charge is 0.459 e. The molecule has 1 aliphatic rings. The van der Waals surface area contributed by atoms with E-state index in [1.807, 2.05) is 0 Å². The molecule has 1 aliphatic carbocycles. The number of carbonyl (C=O) groups excluding carboxylic acids is 2. The molecule has 4 N–H and O–H groups in total. The molecular formula is C18H22ClN3O3. The molecule has 2 aromatic rings. The van der Waals surface area contributed by atoms with Crippen LogP contribution in [0.1, 0.15) is 36.2 Å². The van der Waals surface area contributed by atoms with Crippen molar-refractivity contribution in [2.45, 2.75) is 31.7 Å². The summed E-state index contributed by atoms with van der Waals surface area (Å²) >= 11 is 0. The van der Waals surface area contributed by atoms with Gasteiger partial charge < -0.3 is 20.8 Å². The van der Waals surface area contributed by atoms with Crippen molar-refractivity contribution in [3.63, 3.8) is 0 Å². The zero-order chi connectivity index (χ0) is 16.9. The lowest BCUT2D eigenvalue weighted by Gasteiger charge is -2.15. The summed E-state index contributed by atoms with van der Waals surface area (Å²) in [5, 5.41) is 5.60. The minimum atomic E-state index is -0.313. The molecule has 134 valence electrons. The van der Waals surface area contributed by atoms with Crippen molar-refractivity contribution in [2.24, 2.45) is 11.7 Å². The third-order valence-electron chi connectivity index (χ3n) is 4.34. The predicted molar refractivity (Wildman–Crippen MR) is 98.9 cm³/mol. The summed E-state index contributed by atoms with van der Waals surface area (Å²) in [6, 6.07) is 10.4. The van der Waals surface area contributed by atoms with Crippen molar-refractivity contribution in [3.8, 4) is 0 Å². The molecule has 1 aromatic carbocycles. The lowest BCUT2D eigenvalue weighted by Crippen LogP contribution is -2.28. The Hall–Kier alpha value is -2.31. The van der Waals surface area contributed by atoms with Crippen molar-refractivity contribution in [1.82, 2.24) is 0 Å². The number of rotatable bonds is 5. The lowest BCUT2D eigenvalue weighted by molar-refractivity contribution is -0.117. The summed E-state index contributed by atoms with van der Waals surface area (Å²) in [6.45, 7) is 0. The van der Waals surface area contributed by atoms with E-state index in [1.165, 1.54) is 6.26 Å². The maximum Gasteiger partial charge on any atom is 0.291 e. The summed E-state index contributed by atoms with van der Waals surface area (Å²) < 4.78 is 5.04. The number of hydrogen-bond acceptors (Lipinski definition) is 4. The average Bonchev–Trinajstić information content (AvgIpc) is 3.22. The van der Waals surface area contributed by atoms with E-state index in [1.54, 1.807) is 36.4 Å². The lowest BCUT2D eigenvalue weighted by atomic mass is 10.00. The number of benzene rings is 1. The first kappa shape index (κ1) is 19.0. The second-order valence-corrected chi connectivity index (χ2v) is 6.12. The first-order valence-corrected chi connectivity index (χ1v) is 8.12. The van der Waals surface area contributed by atoms with Crippen LogP contribution in [0.3, 0.4) is 0 Å². The van der Waals surface area contributed by atoms with E-state index >= 15 is 0 Å². The van der Waals surface area contributed by atoms with Gasteiger partial charge in [-0.1, -0.05) is 6.42 Å². The molecule has 0 unspecified atom stereocenters. The van der Waals surface area contributed by atoms with E-state index in [-0.39, 0.29) is 41.9 Å². The monoisotopic (exact) mass is 363 g/mol. The molecule has 2 amide bonds. The second-order valence-electron chi connectivity index (χ2n) is 6.12. The SMILES string of the molecule is Cl.N[C@@H]1CCC[C@H]1CC(=O)Nc1ccc(NC(=O)c2ccco2)cc1. The quantitative estimate of drug-likeness (QED) is 0.758. The maximum atomic E-state index is 12.1. The van der Waals surface area contributed by atoms with Crippen LogP contribution in [0, 0.1) is 5.92 Å². The van der Waals surface area contributed by atoms with Gasteiger partial charge in [-0.05, 0) is 55.2 Å². The molecule has 2 atom stereocenters. The van der Waals surface area contributed by atoms with E-state index in [4.69, 9.17) is 10.2 Å². The topological polar surface area (TPSA) is 97.4 Å². The molecule has 3 rings (SSSR count). The molecule has 1 saturated carbocycles. The van der Waals surface area contributed by atoms with Crippen molar-refractivity contribution in [2.75, 3.05) is 10.6 Å². The van der Waals surface area contributed by atoms with E-state index in [9.17, 15) is 9.59 Å². The van der Waals surface area contributed by atoms with Crippen molar-refractivity contribution in [1.29, 1.82) is 0 Å². The Labute approximate surface area is 152 Å². The highest BCUT2D eigenvalue weighted by Gasteiger charge is 2.25. The Balaban J connectivity index is 0.00000225. The normalized spacial score (nSPS) is 19.1. The molecule has 0 saturated heterocycles. The molecule has 0 bridgehead atoms. The Morgan fingerprint density at radius 2 is 1.76 bits per heavy atom. The van der Waals surface area contributed by atoms with Gasteiger partial charge in [0.1, 0.15) is 0 Å². The van der Waals surface area contributed by atoms with Gasteiger partial charge in [-0.3, -0.25) is 9.59 Å². The molecule has 1 aromatic heterocycles. The first-order valence-electron chi connectivity index (χ1n) is 8.12. The third-order valence-corrected chi connectivity index (χ3v) is 4.34. The van der Waals surface area contributed by atoms with Gasteiger partial charge in [0.25, 0.3) is 5.91 Å². The van der Waals surface area contributed by atoms with Gasteiger partial charge >= 0.3 is 0 Å². The fraction of sp³-hybridized carbons (Fsp3) is 0.333. The summed E-state index contributed by atoms with van der Waals surface area (Å²) in [5.74, 6) is 0.189. The molecular weight excluding hydrogens is 342 g/mol. The molecule has 0 aliphatic heterocycles. The van der Waals surface area contributed by atoms with Gasteiger partial charge in [-0.25, -0.2) is 0 Å². The second kappa shape index (κ2) is 8.69. The van der Waals surface area contributed by atoms with Crippen LogP contribution in [0.5, 0.6) is 0 Å². The number of furan rings is 1. The number of halogens is 1. The molecule has 0 spiro atoms. The fourth-order valence-corrected chi connectivity index (χ4v) is 3.01. The Kier molecular flexibility index (Phi) is 6.61. The Morgan fingerprint density at radius 3 is 2.32 bits per heavy atom. The van der Waals surface area contributed by atoms with Gasteiger partial charge in [0.15, 0.2) is 5.76 Å². The van der Waals surface area contributed by atoms with Gasteiger partial charge in [-0.2, -0.15) is 0 Å². The number of amides is 2. The first-order chi connectivity index (χ1) is 11.6. The van der Waals surface area contributed by atoms with Crippen molar-refractivity contribution >= 4 is 35.6 Å². The summed E-state index contributed by atoms with van der Waals surface area (Å²) in [4.78, 5) is 24.0. The molecule has 7 heteroatoms. The zero-order valence-electron chi connectivity index (χ0n) is 13.7. The fourth-order valence-electron chi connectivity index (χ4n) is 3.01. The van der Waals surface area contributed by atoms with Gasteiger partial charge in [0.2, 0.25) is 5.91 Å². The standard InChI is InChI=1S/C18H21N3O3.ClH/c19-15-4-1-3-12(15)11-17(22)20-13-6-8-14(9-7-13)21-18(23)16-5-2-10-24-16;/h2,5-10,12,15H,1,3-4,11,19H2,(H,20,22)(H,21,23);1H/t12-,15+;/m0./s1. The highest BCUT2D eigenvalue weighted by Crippen LogP contribution is 2.27. The zero-order valence-corrected chi connectivity index (χ0v) is 14.6. The van der Waals surface area contributed by atoms with Crippen LogP contribution in [0.4, 0.5) is 11.4 Å². The highest BCUT2D eigenvalue weighted by molar-refractivity contribution is 6.02. The van der Waals surface area contributed by atoms with Crippen LogP contribution in [-0.4, -0.2) is 17.9 Å². The number of hydrogen-bond donors (Lipinski definition) is 3. The minimum Gasteiger partial charge on any atom is -0.459 e. The van der Waals surface area contributed by atoms with Crippen LogP contribution in [0.25, 0.3) is 0 Å². The molecule has 6 nitrogen and oxygen atoms in total. The summed E-state index contributed by atoms with van der Waals surface area (Å²) in [5.41, 5.74) is 7.33. The molecule has 25 heavy (non-hydrogen) atoms. The van der Waals surface area contributed by atoms with E-state index in [0.29, 0.717) is 17.8 Å². The summed E-state index contributed by atoms with van der Waals surface area (Å²) in [7, 11) is 0. The Morgan fingerprint density at radius 1 is 1.08 bits per heavy atom. The van der Waals surface area contributed by atoms with Gasteiger partial charge in [0, 0.05) is 23.8 Å². The highest BCUT2D eigenvalue weighted by atomic mass is 35.5. The maximum absolute atomic E-state index is 12.1. The van der Waals surface area contributed by atoms with Crippen LogP contribution < -0.4 is 16.4 Å². The van der Waals surface area contributed by atoms with Crippen molar-refractivity contribution < 1.29 is 14.0 Å². The third kappa shape index (κ3) is 5.08. The minimum absolute atomic E-state index is 0. The van der Waals surface area contributed by atoms with Gasteiger partial charge in [-0.15, -0.1) is 12.4 Å². The molecule has 1 fully saturated rings. The number of carbonyl (C=O) groups is 2. The molecule has 0 radical (unpaired) electrons. The Bertz CT molecular complexity index is 701. The van der Waals surface area contributed by atoms with E-state index in [0.717, 1.165) is 19.3 Å². The molecule has 1 heterocycles. The van der Waals surface area contributed by atoms with E-state index in [2.05, 4.69) is 10.6 Å². The average molecular weight is 364 g/mol. The predicted octanol–water partition coefficient (Wildman–Crippen LogP) is 3.41.